The van der Waals surface area contributed by atoms with Crippen LogP contribution in [0.3, 0.4) is 0 Å². The van der Waals surface area contributed by atoms with Crippen molar-refractivity contribution in [2.45, 2.75) is 26.8 Å². The molecule has 0 saturated heterocycles. The lowest BCUT2D eigenvalue weighted by molar-refractivity contribution is -0.117. The quantitative estimate of drug-likeness (QED) is 0.657. The number of rotatable bonds is 4. The van der Waals surface area contributed by atoms with Crippen LogP contribution < -0.4 is 10.6 Å². The maximum Gasteiger partial charge on any atom is 0.263 e. The monoisotopic (exact) mass is 277 g/mol. The highest BCUT2D eigenvalue weighted by atomic mass is 35.5. The van der Waals surface area contributed by atoms with E-state index in [0.29, 0.717) is 5.02 Å². The summed E-state index contributed by atoms with van der Waals surface area (Å²) < 4.78 is 0. The molecule has 0 unspecified atom stereocenters. The molecule has 2 N–H and O–H groups in total. The predicted octanol–water partition coefficient (Wildman–Crippen LogP) is 2.99. The molecule has 1 aromatic rings. The van der Waals surface area contributed by atoms with Gasteiger partial charge in [-0.1, -0.05) is 17.7 Å². The Hall–Kier alpha value is -1.99. The number of amides is 1. The van der Waals surface area contributed by atoms with Gasteiger partial charge < -0.3 is 10.6 Å². The van der Waals surface area contributed by atoms with E-state index in [1.807, 2.05) is 32.9 Å². The van der Waals surface area contributed by atoms with Crippen LogP contribution in [-0.2, 0) is 4.79 Å². The molecule has 0 aliphatic heterocycles. The van der Waals surface area contributed by atoms with Gasteiger partial charge in [-0.15, -0.1) is 0 Å². The number of carbonyl (C=O) groups excluding carboxylic acids is 1. The summed E-state index contributed by atoms with van der Waals surface area (Å²) in [7, 11) is 0. The number of nitriles is 1. The average Bonchev–Trinajstić information content (AvgIpc) is 2.33. The normalized spacial score (nSPS) is 11.1. The lowest BCUT2D eigenvalue weighted by Gasteiger charge is -2.09. The van der Waals surface area contributed by atoms with Crippen LogP contribution in [0.1, 0.15) is 19.4 Å². The second-order valence-corrected chi connectivity index (χ2v) is 4.84. The maximum absolute atomic E-state index is 11.7. The van der Waals surface area contributed by atoms with E-state index < -0.39 is 5.91 Å². The molecule has 0 fully saturated rings. The van der Waals surface area contributed by atoms with Gasteiger partial charge in [0.05, 0.1) is 0 Å². The number of hydrogen-bond acceptors (Lipinski definition) is 3. The Labute approximate surface area is 118 Å². The molecular weight excluding hydrogens is 262 g/mol. The fourth-order valence-electron chi connectivity index (χ4n) is 1.39. The van der Waals surface area contributed by atoms with Crippen molar-refractivity contribution in [3.05, 3.63) is 40.6 Å². The van der Waals surface area contributed by atoms with Crippen molar-refractivity contribution in [1.29, 1.82) is 5.26 Å². The third kappa shape index (κ3) is 4.65. The van der Waals surface area contributed by atoms with E-state index in [-0.39, 0.29) is 11.6 Å². The zero-order valence-corrected chi connectivity index (χ0v) is 11.9. The van der Waals surface area contributed by atoms with Crippen LogP contribution in [-0.4, -0.2) is 11.9 Å². The Morgan fingerprint density at radius 3 is 2.74 bits per heavy atom. The maximum atomic E-state index is 11.7. The second-order valence-electron chi connectivity index (χ2n) is 4.40. The first-order chi connectivity index (χ1) is 8.93. The largest absolute Gasteiger partial charge is 0.360 e. The minimum Gasteiger partial charge on any atom is -0.360 e. The predicted molar refractivity (Wildman–Crippen MR) is 76.8 cm³/mol. The first kappa shape index (κ1) is 15.1. The minimum atomic E-state index is -0.398. The third-order valence-corrected chi connectivity index (χ3v) is 2.59. The van der Waals surface area contributed by atoms with Gasteiger partial charge >= 0.3 is 0 Å². The number of halogens is 1. The summed E-state index contributed by atoms with van der Waals surface area (Å²) in [5, 5.41) is 15.1. The van der Waals surface area contributed by atoms with Gasteiger partial charge in [0.1, 0.15) is 11.6 Å². The number of aryl methyl sites for hydroxylation is 1. The molecular formula is C14H16ClN3O. The Morgan fingerprint density at radius 2 is 2.16 bits per heavy atom. The summed E-state index contributed by atoms with van der Waals surface area (Å²) in [5.41, 5.74) is 1.76. The zero-order valence-electron chi connectivity index (χ0n) is 11.1. The number of nitrogens with zero attached hydrogens (tertiary/aromatic N) is 1. The van der Waals surface area contributed by atoms with Gasteiger partial charge in [-0.05, 0) is 38.5 Å². The molecule has 1 rings (SSSR count). The van der Waals surface area contributed by atoms with E-state index in [1.54, 1.807) is 12.1 Å². The van der Waals surface area contributed by atoms with Gasteiger partial charge in [0.15, 0.2) is 0 Å². The van der Waals surface area contributed by atoms with E-state index in [0.717, 1.165) is 11.3 Å². The van der Waals surface area contributed by atoms with E-state index in [4.69, 9.17) is 16.9 Å². The van der Waals surface area contributed by atoms with Gasteiger partial charge in [0, 0.05) is 23.0 Å². The highest BCUT2D eigenvalue weighted by Crippen LogP contribution is 2.20. The highest BCUT2D eigenvalue weighted by molar-refractivity contribution is 6.30. The highest BCUT2D eigenvalue weighted by Gasteiger charge is 2.09. The Morgan fingerprint density at radius 1 is 1.47 bits per heavy atom. The van der Waals surface area contributed by atoms with Crippen LogP contribution in [0, 0.1) is 18.3 Å². The molecule has 100 valence electrons. The lowest BCUT2D eigenvalue weighted by atomic mass is 10.2. The molecule has 0 atom stereocenters. The van der Waals surface area contributed by atoms with Crippen LogP contribution in [0.4, 0.5) is 5.69 Å². The Balaban J connectivity index is 2.86. The van der Waals surface area contributed by atoms with Crippen molar-refractivity contribution in [3.8, 4) is 6.07 Å². The summed E-state index contributed by atoms with van der Waals surface area (Å²) in [6.45, 7) is 5.58. The standard InChI is InChI=1S/C14H16ClN3O/c1-9(2)18-14(19)11(7-16)8-17-13-6-12(15)5-4-10(13)3/h4-6,8-9,17H,1-3H3,(H,18,19)/b11-8-. The number of hydrogen-bond donors (Lipinski definition) is 2. The second kappa shape index (κ2) is 6.81. The minimum absolute atomic E-state index is 0.0165. The number of nitrogens with one attached hydrogen (secondary N) is 2. The molecule has 0 aliphatic carbocycles. The van der Waals surface area contributed by atoms with Crippen LogP contribution in [0.2, 0.25) is 5.02 Å². The van der Waals surface area contributed by atoms with E-state index in [2.05, 4.69) is 10.6 Å². The third-order valence-electron chi connectivity index (χ3n) is 2.36. The molecule has 0 heterocycles. The molecule has 5 heteroatoms. The summed E-state index contributed by atoms with van der Waals surface area (Å²) in [4.78, 5) is 11.7. The fourth-order valence-corrected chi connectivity index (χ4v) is 1.56. The van der Waals surface area contributed by atoms with Gasteiger partial charge in [0.25, 0.3) is 5.91 Å². The van der Waals surface area contributed by atoms with Crippen molar-refractivity contribution in [2.75, 3.05) is 5.32 Å². The van der Waals surface area contributed by atoms with Crippen molar-refractivity contribution in [3.63, 3.8) is 0 Å². The molecule has 0 bridgehead atoms. The van der Waals surface area contributed by atoms with Crippen LogP contribution in [0.5, 0.6) is 0 Å². The van der Waals surface area contributed by atoms with Gasteiger partial charge in [-0.25, -0.2) is 0 Å². The molecule has 0 aliphatic rings. The first-order valence-electron chi connectivity index (χ1n) is 5.88. The molecule has 4 nitrogen and oxygen atoms in total. The molecule has 0 spiro atoms. The molecule has 1 amide bonds. The fraction of sp³-hybridized carbons (Fsp3) is 0.286. The number of anilines is 1. The van der Waals surface area contributed by atoms with Crippen LogP contribution >= 0.6 is 11.6 Å². The van der Waals surface area contributed by atoms with Crippen molar-refractivity contribution < 1.29 is 4.79 Å². The average molecular weight is 278 g/mol. The van der Waals surface area contributed by atoms with E-state index >= 15 is 0 Å². The number of carbonyl (C=O) groups is 1. The van der Waals surface area contributed by atoms with Crippen LogP contribution in [0.25, 0.3) is 0 Å². The van der Waals surface area contributed by atoms with Crippen molar-refractivity contribution in [2.24, 2.45) is 0 Å². The summed E-state index contributed by atoms with van der Waals surface area (Å²) >= 11 is 5.89. The first-order valence-corrected chi connectivity index (χ1v) is 6.25. The van der Waals surface area contributed by atoms with E-state index in [9.17, 15) is 4.79 Å². The lowest BCUT2D eigenvalue weighted by Crippen LogP contribution is -2.31. The molecule has 0 saturated carbocycles. The molecule has 0 aromatic heterocycles. The summed E-state index contributed by atoms with van der Waals surface area (Å²) in [6, 6.07) is 7.23. The van der Waals surface area contributed by atoms with Crippen LogP contribution in [0.15, 0.2) is 30.0 Å². The Kier molecular flexibility index (Phi) is 5.40. The smallest absolute Gasteiger partial charge is 0.263 e. The molecule has 1 aromatic carbocycles. The molecule has 0 radical (unpaired) electrons. The SMILES string of the molecule is Cc1ccc(Cl)cc1N/C=C(/C#N)C(=O)NC(C)C. The van der Waals surface area contributed by atoms with Crippen molar-refractivity contribution >= 4 is 23.2 Å². The Bertz CT molecular complexity index is 544. The van der Waals surface area contributed by atoms with Gasteiger partial charge in [-0.3, -0.25) is 4.79 Å². The van der Waals surface area contributed by atoms with Gasteiger partial charge in [0.2, 0.25) is 0 Å². The topological polar surface area (TPSA) is 64.9 Å². The summed E-state index contributed by atoms with van der Waals surface area (Å²) in [6.07, 6.45) is 1.39. The van der Waals surface area contributed by atoms with E-state index in [1.165, 1.54) is 6.20 Å². The zero-order chi connectivity index (χ0) is 14.4. The van der Waals surface area contributed by atoms with Crippen molar-refractivity contribution in [1.82, 2.24) is 5.32 Å². The number of benzene rings is 1. The molecule has 19 heavy (non-hydrogen) atoms. The summed E-state index contributed by atoms with van der Waals surface area (Å²) in [5.74, 6) is -0.398. The van der Waals surface area contributed by atoms with Gasteiger partial charge in [-0.2, -0.15) is 5.26 Å².